The molecule has 9 N–H and O–H groups in total. The third-order valence-electron chi connectivity index (χ3n) is 5.78. The van der Waals surface area contributed by atoms with Gasteiger partial charge in [0.05, 0.1) is 30.1 Å². The van der Waals surface area contributed by atoms with Crippen molar-refractivity contribution in [2.75, 3.05) is 18.2 Å². The van der Waals surface area contributed by atoms with Gasteiger partial charge in [0.2, 0.25) is 5.91 Å². The molecule has 0 aliphatic heterocycles. The van der Waals surface area contributed by atoms with Gasteiger partial charge in [0, 0.05) is 29.4 Å². The predicted molar refractivity (Wildman–Crippen MR) is 167 cm³/mol. The number of alkyl halides is 6. The number of amides is 1. The molecule has 0 aliphatic rings. The number of nitrogens with one attached hydrogen (secondary N) is 3. The van der Waals surface area contributed by atoms with Crippen LogP contribution in [0.3, 0.4) is 0 Å². The van der Waals surface area contributed by atoms with E-state index in [2.05, 4.69) is 15.6 Å². The summed E-state index contributed by atoms with van der Waals surface area (Å²) in [4.78, 5) is 59.5. The normalized spacial score (nSPS) is 10.4. The fourth-order valence-corrected chi connectivity index (χ4v) is 3.74. The second-order valence-electron chi connectivity index (χ2n) is 9.97. The molecule has 3 aromatic rings. The summed E-state index contributed by atoms with van der Waals surface area (Å²) in [6.07, 6.45) is -3.83. The number of nitrogen functional groups attached to an aromatic ring is 2. The molecule has 54 heavy (non-hydrogen) atoms. The zero-order valence-corrected chi connectivity index (χ0v) is 27.6. The fourth-order valence-electron chi connectivity index (χ4n) is 3.74. The summed E-state index contributed by atoms with van der Waals surface area (Å²) in [7, 11) is 1.16. The molecule has 0 unspecified atom stereocenters. The molecule has 15 nitrogen and oxygen atoms in total. The van der Waals surface area contributed by atoms with E-state index in [-0.39, 0.29) is 40.8 Å². The van der Waals surface area contributed by atoms with Gasteiger partial charge in [0.1, 0.15) is 12.4 Å². The van der Waals surface area contributed by atoms with Crippen LogP contribution in [-0.4, -0.2) is 75.9 Å². The van der Waals surface area contributed by atoms with Gasteiger partial charge in [0.25, 0.3) is 12.0 Å². The first-order chi connectivity index (χ1) is 24.8. The van der Waals surface area contributed by atoms with Crippen molar-refractivity contribution in [3.63, 3.8) is 0 Å². The number of carbonyl (C=O) groups excluding carboxylic acids is 2. The first-order valence-corrected chi connectivity index (χ1v) is 14.0. The van der Waals surface area contributed by atoms with Gasteiger partial charge in [0.15, 0.2) is 29.1 Å². The minimum Gasteiger partial charge on any atom is -0.483 e. The van der Waals surface area contributed by atoms with E-state index in [1.54, 1.807) is 13.8 Å². The molecule has 0 saturated carbocycles. The van der Waals surface area contributed by atoms with E-state index in [0.717, 1.165) is 11.7 Å². The molecular weight excluding hydrogens is 764 g/mol. The molecule has 25 heteroatoms. The first kappa shape index (κ1) is 47.6. The van der Waals surface area contributed by atoms with Crippen LogP contribution in [0.15, 0.2) is 29.2 Å². The lowest BCUT2D eigenvalue weighted by molar-refractivity contribution is -0.192. The molecule has 0 saturated heterocycles. The van der Waals surface area contributed by atoms with E-state index >= 15 is 0 Å². The quantitative estimate of drug-likeness (QED) is 0.0311. The average Bonchev–Trinajstić information content (AvgIpc) is 3.04. The topological polar surface area (TPSA) is 253 Å². The van der Waals surface area contributed by atoms with Crippen LogP contribution >= 0.6 is 0 Å². The monoisotopic (exact) mass is 793 g/mol. The Labute approximate surface area is 296 Å². The van der Waals surface area contributed by atoms with E-state index in [0.29, 0.717) is 0 Å². The van der Waals surface area contributed by atoms with Gasteiger partial charge in [-0.15, -0.1) is 0 Å². The summed E-state index contributed by atoms with van der Waals surface area (Å²) >= 11 is 0. The van der Waals surface area contributed by atoms with Gasteiger partial charge in [-0.2, -0.15) is 26.3 Å². The highest BCUT2D eigenvalue weighted by atomic mass is 19.4. The lowest BCUT2D eigenvalue weighted by Gasteiger charge is -2.17. The number of aromatic nitrogens is 2. The predicted octanol–water partition coefficient (Wildman–Crippen LogP) is 3.77. The van der Waals surface area contributed by atoms with E-state index in [1.165, 1.54) is 24.4 Å². The molecule has 0 fully saturated rings. The fraction of sp³-hybridized carbons (Fsp3) is 0.276. The molecule has 0 atom stereocenters. The number of nitrogens with two attached hydrogens (primary N) is 2. The van der Waals surface area contributed by atoms with Crippen molar-refractivity contribution in [1.82, 2.24) is 14.9 Å². The standard InChI is InChI=1S/C25H25F4N7O4.C2HF3O2.CHF3.CH2O2/c1-10(2)35-23-24(38)36(15(8-34-23)11-4-12(25(39)40-3)6-13(30)5-11)9-16(37)33-7-14-18(26)20(28)17(22(31)32)21(29)19(14)27;3-2(4,5)1(6)7;2-1(3)4;2-1-3/h4-6,8,10H,7,9,30H2,1-3H3,(H3,31,32)(H,33,37)(H,34,35);(H,6,7);1H;1H,(H,2,3). The number of esters is 1. The SMILES string of the molecule is COC(=O)c1cc(N)cc(-c2cnc(NC(C)C)c(=O)n2CC(=O)NCc2c(F)c(F)c(C(=N)N)c(F)c2F)c1.FC(F)F.O=C(O)C(F)(F)F.O=CO. The second-order valence-corrected chi connectivity index (χ2v) is 9.97. The molecule has 3 rings (SSSR count). The zero-order valence-electron chi connectivity index (χ0n) is 27.6. The smallest absolute Gasteiger partial charge is 0.483 e. The van der Waals surface area contributed by atoms with Crippen LogP contribution < -0.4 is 27.7 Å². The molecule has 1 heterocycles. The van der Waals surface area contributed by atoms with Crippen molar-refractivity contribution in [2.24, 2.45) is 5.73 Å². The third kappa shape index (κ3) is 14.3. The van der Waals surface area contributed by atoms with Gasteiger partial charge in [-0.05, 0) is 32.0 Å². The molecule has 0 spiro atoms. The lowest BCUT2D eigenvalue weighted by Crippen LogP contribution is -2.35. The van der Waals surface area contributed by atoms with Gasteiger partial charge >= 0.3 is 24.8 Å². The molecule has 1 amide bonds. The summed E-state index contributed by atoms with van der Waals surface area (Å²) in [5.74, 6) is -13.3. The minimum absolute atomic E-state index is 0.0483. The number of hydrogen-bond donors (Lipinski definition) is 7. The molecule has 2 aromatic carbocycles. The van der Waals surface area contributed by atoms with Crippen molar-refractivity contribution in [1.29, 1.82) is 5.41 Å². The third-order valence-corrected chi connectivity index (χ3v) is 5.78. The Balaban J connectivity index is 0.00000171. The maximum atomic E-state index is 14.4. The van der Waals surface area contributed by atoms with Crippen LogP contribution in [0, 0.1) is 28.7 Å². The van der Waals surface area contributed by atoms with Crippen molar-refractivity contribution in [3.05, 3.63) is 74.7 Å². The Hall–Kier alpha value is -6.43. The first-order valence-electron chi connectivity index (χ1n) is 14.0. The highest BCUT2D eigenvalue weighted by Gasteiger charge is 2.38. The Morgan fingerprint density at radius 1 is 1.04 bits per heavy atom. The summed E-state index contributed by atoms with van der Waals surface area (Å²) < 4.78 is 124. The van der Waals surface area contributed by atoms with Crippen molar-refractivity contribution < 1.29 is 78.0 Å². The maximum Gasteiger partial charge on any atom is 0.490 e. The molecule has 298 valence electrons. The minimum atomic E-state index is -5.08. The van der Waals surface area contributed by atoms with Crippen LogP contribution in [0.25, 0.3) is 11.3 Å². The van der Waals surface area contributed by atoms with Crippen molar-refractivity contribution in [2.45, 2.75) is 45.8 Å². The maximum absolute atomic E-state index is 14.4. The molecule has 0 radical (unpaired) electrons. The van der Waals surface area contributed by atoms with Gasteiger partial charge in [-0.25, -0.2) is 32.1 Å². The highest BCUT2D eigenvalue weighted by molar-refractivity contribution is 5.95. The number of nitrogens with zero attached hydrogens (tertiary/aromatic N) is 2. The van der Waals surface area contributed by atoms with E-state index in [1.807, 2.05) is 0 Å². The van der Waals surface area contributed by atoms with Crippen LogP contribution in [0.5, 0.6) is 0 Å². The van der Waals surface area contributed by atoms with Gasteiger partial charge in [-0.1, -0.05) is 0 Å². The van der Waals surface area contributed by atoms with Crippen LogP contribution in [0.2, 0.25) is 0 Å². The zero-order chi connectivity index (χ0) is 42.2. The van der Waals surface area contributed by atoms with Crippen molar-refractivity contribution in [3.8, 4) is 11.3 Å². The Kier molecular flexibility index (Phi) is 18.7. The number of hydrogen-bond acceptors (Lipinski definition) is 10. The second kappa shape index (κ2) is 21.2. The van der Waals surface area contributed by atoms with Crippen LogP contribution in [0.1, 0.15) is 35.3 Å². The number of carboxylic acid groups (broad SMARTS) is 2. The van der Waals surface area contributed by atoms with E-state index in [4.69, 9.17) is 41.4 Å². The van der Waals surface area contributed by atoms with Gasteiger partial charge < -0.3 is 37.1 Å². The van der Waals surface area contributed by atoms with E-state index in [9.17, 15) is 58.3 Å². The van der Waals surface area contributed by atoms with Gasteiger partial charge in [-0.3, -0.25) is 24.4 Å². The average molecular weight is 794 g/mol. The summed E-state index contributed by atoms with van der Waals surface area (Å²) in [6, 6.07) is 3.89. The number of carbonyl (C=O) groups is 4. The number of rotatable bonds is 9. The Bertz CT molecular complexity index is 1860. The number of anilines is 2. The molecule has 1 aromatic heterocycles. The number of halogens is 10. The number of methoxy groups -OCH3 is 1. The number of carboxylic acids is 1. The Morgan fingerprint density at radius 2 is 1.52 bits per heavy atom. The van der Waals surface area contributed by atoms with E-state index < -0.39 is 89.6 Å². The van der Waals surface area contributed by atoms with Crippen LogP contribution in [-0.2, 0) is 32.2 Å². The lowest BCUT2D eigenvalue weighted by atomic mass is 10.1. The number of ether oxygens (including phenoxy) is 1. The number of aliphatic carboxylic acids is 1. The molecule has 0 bridgehead atoms. The number of amidine groups is 1. The summed E-state index contributed by atoms with van der Waals surface area (Å²) in [6.45, 7) is -2.16. The summed E-state index contributed by atoms with van der Waals surface area (Å²) in [5, 5.41) is 26.1. The largest absolute Gasteiger partial charge is 0.490 e. The van der Waals surface area contributed by atoms with Crippen molar-refractivity contribution >= 4 is 41.7 Å². The highest BCUT2D eigenvalue weighted by Crippen LogP contribution is 2.25. The molecular formula is C29H29F10N7O8. The summed E-state index contributed by atoms with van der Waals surface area (Å²) in [5.41, 5.74) is 8.06. The van der Waals surface area contributed by atoms with Crippen LogP contribution in [0.4, 0.5) is 55.4 Å². The Morgan fingerprint density at radius 3 is 1.93 bits per heavy atom. The number of benzene rings is 2. The molecule has 0 aliphatic carbocycles.